The first-order valence-electron chi connectivity index (χ1n) is 9.90. The highest BCUT2D eigenvalue weighted by molar-refractivity contribution is 7.94. The van der Waals surface area contributed by atoms with E-state index in [1.807, 2.05) is 96.6 Å². The summed E-state index contributed by atoms with van der Waals surface area (Å²) in [6, 6.07) is 32.2. The molecule has 0 unspecified atom stereocenters. The summed E-state index contributed by atoms with van der Waals surface area (Å²) in [5.41, 5.74) is 4.47. The third-order valence-electron chi connectivity index (χ3n) is 4.89. The number of pyridine rings is 1. The molecule has 0 N–H and O–H groups in total. The van der Waals surface area contributed by atoms with Gasteiger partial charge in [-0.05, 0) is 49.4 Å². The molecule has 0 saturated carbocycles. The Kier molecular flexibility index (Phi) is 5.96. The third kappa shape index (κ3) is 4.73. The molecule has 0 radical (unpaired) electrons. The molecule has 0 atom stereocenters. The zero-order valence-electron chi connectivity index (χ0n) is 17.1. The van der Waals surface area contributed by atoms with E-state index in [9.17, 15) is 8.42 Å². The second-order valence-corrected chi connectivity index (χ2v) is 8.73. The van der Waals surface area contributed by atoms with Crippen LogP contribution in [0.2, 0.25) is 0 Å². The molecule has 4 aromatic rings. The average molecular weight is 427 g/mol. The summed E-state index contributed by atoms with van der Waals surface area (Å²) in [6.07, 6.45) is 3.34. The highest BCUT2D eigenvalue weighted by atomic mass is 32.2. The van der Waals surface area contributed by atoms with Gasteiger partial charge in [-0.15, -0.1) is 0 Å². The van der Waals surface area contributed by atoms with E-state index in [2.05, 4.69) is 4.72 Å². The van der Waals surface area contributed by atoms with Crippen molar-refractivity contribution in [3.8, 4) is 11.3 Å². The van der Waals surface area contributed by atoms with Crippen LogP contribution in [-0.2, 0) is 10.0 Å². The standard InChI is InChI=1S/C26H22N2O2S/c1-21-15-17-24(18-16-21)31(29,30)27-20-26(23-12-6-3-7-13-23)28-19-9-8-14-25(28)22-10-4-2-5-11-22/h2-20H,1H3/b26-20+. The Balaban J connectivity index is 1.81. The summed E-state index contributed by atoms with van der Waals surface area (Å²) < 4.78 is 31.7. The Hall–Kier alpha value is -3.70. The molecule has 0 amide bonds. The van der Waals surface area contributed by atoms with Gasteiger partial charge in [0.2, 0.25) is 5.69 Å². The summed E-state index contributed by atoms with van der Waals surface area (Å²) >= 11 is 0. The van der Waals surface area contributed by atoms with Crippen molar-refractivity contribution >= 4 is 15.7 Å². The van der Waals surface area contributed by atoms with Crippen molar-refractivity contribution in [3.05, 3.63) is 131 Å². The van der Waals surface area contributed by atoms with Crippen molar-refractivity contribution in [2.24, 2.45) is 0 Å². The van der Waals surface area contributed by atoms with Crippen LogP contribution in [0.15, 0.2) is 120 Å². The second-order valence-electron chi connectivity index (χ2n) is 7.10. The number of hydrogen-bond donors (Lipinski definition) is 0. The zero-order valence-corrected chi connectivity index (χ0v) is 17.9. The van der Waals surface area contributed by atoms with Crippen LogP contribution in [0.3, 0.4) is 0 Å². The van der Waals surface area contributed by atoms with Crippen LogP contribution < -0.4 is 4.57 Å². The lowest BCUT2D eigenvalue weighted by atomic mass is 10.1. The van der Waals surface area contributed by atoms with E-state index < -0.39 is 10.0 Å². The van der Waals surface area contributed by atoms with Crippen molar-refractivity contribution in [3.63, 3.8) is 0 Å². The highest BCUT2D eigenvalue weighted by Gasteiger charge is 2.18. The Morgan fingerprint density at radius 2 is 1.39 bits per heavy atom. The number of sulfonamides is 1. The normalized spacial score (nSPS) is 11.8. The van der Waals surface area contributed by atoms with Crippen LogP contribution in [0.1, 0.15) is 11.1 Å². The fourth-order valence-corrected chi connectivity index (χ4v) is 4.11. The molecule has 0 aliphatic rings. The van der Waals surface area contributed by atoms with Crippen LogP contribution in [0.25, 0.3) is 21.7 Å². The van der Waals surface area contributed by atoms with Gasteiger partial charge in [0.1, 0.15) is 10.0 Å². The second kappa shape index (κ2) is 8.98. The van der Waals surface area contributed by atoms with E-state index in [0.717, 1.165) is 22.4 Å². The molecule has 3 aromatic carbocycles. The number of benzene rings is 3. The van der Waals surface area contributed by atoms with Gasteiger partial charge in [0, 0.05) is 23.3 Å². The predicted molar refractivity (Wildman–Crippen MR) is 124 cm³/mol. The topological polar surface area (TPSA) is 52.1 Å². The maximum absolute atomic E-state index is 12.8. The Labute approximate surface area is 183 Å². The predicted octanol–water partition coefficient (Wildman–Crippen LogP) is 5.56. The molecule has 31 heavy (non-hydrogen) atoms. The minimum atomic E-state index is -3.83. The fourth-order valence-electron chi connectivity index (χ4n) is 3.27. The van der Waals surface area contributed by atoms with Gasteiger partial charge in [-0.2, -0.15) is 4.57 Å². The maximum Gasteiger partial charge on any atom is 0.218 e. The maximum atomic E-state index is 12.8. The number of hydrogen-bond acceptors (Lipinski definition) is 2. The minimum Gasteiger partial charge on any atom is -0.574 e. The van der Waals surface area contributed by atoms with E-state index in [1.165, 1.54) is 6.20 Å². The molecule has 0 saturated heterocycles. The summed E-state index contributed by atoms with van der Waals surface area (Å²) in [5.74, 6) is 0. The molecule has 154 valence electrons. The number of aromatic nitrogens is 1. The van der Waals surface area contributed by atoms with Crippen LogP contribution in [0, 0.1) is 6.92 Å². The first-order valence-corrected chi connectivity index (χ1v) is 11.3. The first-order chi connectivity index (χ1) is 15.0. The SMILES string of the molecule is Cc1ccc(S(=O)(=O)[N-]/C=C(\c2ccccc2)[n+]2ccccc2-c2ccccc2)cc1. The van der Waals surface area contributed by atoms with Gasteiger partial charge in [0.15, 0.2) is 11.9 Å². The van der Waals surface area contributed by atoms with Gasteiger partial charge in [-0.1, -0.05) is 60.3 Å². The molecule has 0 bridgehead atoms. The van der Waals surface area contributed by atoms with Crippen LogP contribution in [0.5, 0.6) is 0 Å². The lowest BCUT2D eigenvalue weighted by Gasteiger charge is -2.18. The van der Waals surface area contributed by atoms with E-state index in [4.69, 9.17) is 0 Å². The molecule has 4 nitrogen and oxygen atoms in total. The van der Waals surface area contributed by atoms with Crippen LogP contribution in [-0.4, -0.2) is 8.42 Å². The minimum absolute atomic E-state index is 0.170. The Morgan fingerprint density at radius 1 is 0.774 bits per heavy atom. The largest absolute Gasteiger partial charge is 0.574 e. The lowest BCUT2D eigenvalue weighted by Crippen LogP contribution is -2.35. The smallest absolute Gasteiger partial charge is 0.218 e. The molecular formula is C26H22N2O2S. The molecule has 5 heteroatoms. The fraction of sp³-hybridized carbons (Fsp3) is 0.0385. The summed E-state index contributed by atoms with van der Waals surface area (Å²) in [7, 11) is -3.83. The average Bonchev–Trinajstić information content (AvgIpc) is 2.81. The molecule has 4 rings (SSSR count). The summed E-state index contributed by atoms with van der Waals surface area (Å²) in [6.45, 7) is 1.91. The monoisotopic (exact) mass is 426 g/mol. The van der Waals surface area contributed by atoms with Gasteiger partial charge in [0.05, 0.1) is 4.90 Å². The Bertz CT molecular complexity index is 1300. The van der Waals surface area contributed by atoms with E-state index in [1.54, 1.807) is 24.3 Å². The molecule has 0 spiro atoms. The molecule has 1 heterocycles. The van der Waals surface area contributed by atoms with E-state index >= 15 is 0 Å². The zero-order chi connectivity index (χ0) is 21.7. The van der Waals surface area contributed by atoms with Gasteiger partial charge < -0.3 is 4.72 Å². The number of nitrogens with zero attached hydrogens (tertiary/aromatic N) is 2. The van der Waals surface area contributed by atoms with Crippen molar-refractivity contribution in [2.45, 2.75) is 11.8 Å². The quantitative estimate of drug-likeness (QED) is 0.379. The Morgan fingerprint density at radius 3 is 2.06 bits per heavy atom. The van der Waals surface area contributed by atoms with E-state index in [0.29, 0.717) is 5.70 Å². The molecule has 0 aliphatic carbocycles. The van der Waals surface area contributed by atoms with Crippen molar-refractivity contribution in [1.82, 2.24) is 0 Å². The van der Waals surface area contributed by atoms with Gasteiger partial charge in [0.25, 0.3) is 0 Å². The van der Waals surface area contributed by atoms with Crippen LogP contribution >= 0.6 is 0 Å². The van der Waals surface area contributed by atoms with Crippen LogP contribution in [0.4, 0.5) is 0 Å². The third-order valence-corrected chi connectivity index (χ3v) is 6.14. The van der Waals surface area contributed by atoms with E-state index in [-0.39, 0.29) is 4.90 Å². The lowest BCUT2D eigenvalue weighted by molar-refractivity contribution is -0.567. The molecular weight excluding hydrogens is 404 g/mol. The van der Waals surface area contributed by atoms with Gasteiger partial charge in [-0.3, -0.25) is 0 Å². The van der Waals surface area contributed by atoms with Gasteiger partial charge in [-0.25, -0.2) is 8.42 Å². The highest BCUT2D eigenvalue weighted by Crippen LogP contribution is 2.23. The molecule has 0 fully saturated rings. The molecule has 1 aromatic heterocycles. The van der Waals surface area contributed by atoms with Crippen molar-refractivity contribution in [2.75, 3.05) is 0 Å². The summed E-state index contributed by atoms with van der Waals surface area (Å²) in [5, 5.41) is 0. The first kappa shape index (κ1) is 20.6. The van der Waals surface area contributed by atoms with Crippen molar-refractivity contribution < 1.29 is 13.0 Å². The van der Waals surface area contributed by atoms with Crippen molar-refractivity contribution in [1.29, 1.82) is 0 Å². The van der Waals surface area contributed by atoms with Gasteiger partial charge >= 0.3 is 0 Å². The number of aryl methyl sites for hydroxylation is 1. The summed E-state index contributed by atoms with van der Waals surface area (Å²) in [4.78, 5) is 0.170. The number of rotatable bonds is 6. The molecule has 0 aliphatic heterocycles.